The first-order valence-electron chi connectivity index (χ1n) is 5.24. The van der Waals surface area contributed by atoms with E-state index in [1.807, 2.05) is 0 Å². The van der Waals surface area contributed by atoms with Crippen molar-refractivity contribution in [2.45, 2.75) is 37.8 Å². The number of carbonyl (C=O) groups excluding carboxylic acids is 1. The highest BCUT2D eigenvalue weighted by atomic mass is 19.2. The molecule has 2 amide bonds. The topological polar surface area (TPSA) is 90.5 Å². The fraction of sp³-hybridized carbons (Fsp3) is 0.778. The van der Waals surface area contributed by atoms with Gasteiger partial charge in [-0.05, 0) is 25.7 Å². The summed E-state index contributed by atoms with van der Waals surface area (Å²) in [6.07, 6.45) is 1.79. The van der Waals surface area contributed by atoms with Crippen LogP contribution in [-0.2, 0) is 4.79 Å². The lowest BCUT2D eigenvalue weighted by Crippen LogP contribution is -2.45. The molecule has 1 aliphatic rings. The van der Waals surface area contributed by atoms with Gasteiger partial charge in [0.25, 0.3) is 0 Å². The van der Waals surface area contributed by atoms with Crippen molar-refractivity contribution in [3.8, 4) is 0 Å². The van der Waals surface area contributed by atoms with Crippen molar-refractivity contribution in [2.24, 2.45) is 0 Å². The zero-order valence-corrected chi connectivity index (χ0v) is 8.83. The molecule has 0 aromatic rings. The molecule has 1 aliphatic carbocycles. The van der Waals surface area contributed by atoms with E-state index in [2.05, 4.69) is 10.6 Å². The van der Waals surface area contributed by atoms with Gasteiger partial charge >= 0.3 is 6.09 Å². The molecule has 0 saturated heterocycles. The summed E-state index contributed by atoms with van der Waals surface area (Å²) in [6, 6.07) is -0.0161. The molecule has 0 bridgehead atoms. The average molecular weight is 233 g/mol. The van der Waals surface area contributed by atoms with Crippen LogP contribution >= 0.6 is 0 Å². The summed E-state index contributed by atoms with van der Waals surface area (Å²) < 4.78 is 11.6. The number of nitrogens with one attached hydrogen (secondary N) is 3. The van der Waals surface area contributed by atoms with Crippen LogP contribution in [0, 0.1) is 0 Å². The maximum Gasteiger partial charge on any atom is 0.404 e. The molecule has 6 nitrogen and oxygen atoms in total. The van der Waals surface area contributed by atoms with E-state index in [0.717, 1.165) is 0 Å². The summed E-state index contributed by atoms with van der Waals surface area (Å²) in [4.78, 5) is 21.4. The third-order valence-corrected chi connectivity index (χ3v) is 2.65. The molecule has 0 heterocycles. The van der Waals surface area contributed by atoms with E-state index in [9.17, 15) is 14.1 Å². The second kappa shape index (κ2) is 6.26. The molecule has 16 heavy (non-hydrogen) atoms. The SMILES string of the molecule is O=C(O)N[C@H]1CC[C@H](NC(=O)CNF)CC1. The number of hydrogen-bond donors (Lipinski definition) is 4. The number of halogens is 1. The lowest BCUT2D eigenvalue weighted by molar-refractivity contribution is -0.121. The van der Waals surface area contributed by atoms with Crippen LogP contribution < -0.4 is 16.2 Å². The molecule has 0 aromatic heterocycles. The van der Waals surface area contributed by atoms with E-state index in [4.69, 9.17) is 5.11 Å². The van der Waals surface area contributed by atoms with E-state index in [0.29, 0.717) is 25.7 Å². The van der Waals surface area contributed by atoms with Gasteiger partial charge in [0.1, 0.15) is 6.54 Å². The highest BCUT2D eigenvalue weighted by Crippen LogP contribution is 2.18. The van der Waals surface area contributed by atoms with Crippen molar-refractivity contribution in [3.63, 3.8) is 0 Å². The summed E-state index contributed by atoms with van der Waals surface area (Å²) in [5.41, 5.74) is 1.29. The Morgan fingerprint density at radius 2 is 1.62 bits per heavy atom. The molecule has 0 radical (unpaired) electrons. The number of amides is 2. The normalized spacial score (nSPS) is 24.8. The zero-order valence-electron chi connectivity index (χ0n) is 8.83. The monoisotopic (exact) mass is 233 g/mol. The maximum atomic E-state index is 11.6. The zero-order chi connectivity index (χ0) is 12.0. The molecular formula is C9H16FN3O3. The van der Waals surface area contributed by atoms with Crippen LogP contribution in [0.2, 0.25) is 0 Å². The molecule has 1 fully saturated rings. The Hall–Kier alpha value is -1.37. The minimum atomic E-state index is -1.02. The van der Waals surface area contributed by atoms with Crippen LogP contribution in [0.3, 0.4) is 0 Å². The molecule has 92 valence electrons. The van der Waals surface area contributed by atoms with Crippen molar-refractivity contribution in [2.75, 3.05) is 6.54 Å². The number of rotatable bonds is 4. The first kappa shape index (κ1) is 12.7. The van der Waals surface area contributed by atoms with Gasteiger partial charge in [-0.25, -0.2) is 4.79 Å². The minimum absolute atomic E-state index is 0.0210. The second-order valence-electron chi connectivity index (χ2n) is 3.88. The summed E-state index contributed by atoms with van der Waals surface area (Å²) >= 11 is 0. The first-order chi connectivity index (χ1) is 7.61. The molecule has 0 spiro atoms. The van der Waals surface area contributed by atoms with Gasteiger partial charge in [-0.1, -0.05) is 0 Å². The summed E-state index contributed by atoms with van der Waals surface area (Å²) in [7, 11) is 0. The molecular weight excluding hydrogens is 217 g/mol. The van der Waals surface area contributed by atoms with Gasteiger partial charge in [-0.3, -0.25) is 4.79 Å². The Balaban J connectivity index is 2.21. The first-order valence-corrected chi connectivity index (χ1v) is 5.24. The van der Waals surface area contributed by atoms with Gasteiger partial charge in [0.2, 0.25) is 5.91 Å². The Bertz CT molecular complexity index is 254. The van der Waals surface area contributed by atoms with E-state index < -0.39 is 6.09 Å². The maximum absolute atomic E-state index is 11.6. The highest BCUT2D eigenvalue weighted by molar-refractivity contribution is 5.78. The fourth-order valence-electron chi connectivity index (χ4n) is 1.90. The van der Waals surface area contributed by atoms with Crippen LogP contribution in [0.15, 0.2) is 0 Å². The minimum Gasteiger partial charge on any atom is -0.465 e. The smallest absolute Gasteiger partial charge is 0.404 e. The van der Waals surface area contributed by atoms with Crippen LogP contribution in [0.25, 0.3) is 0 Å². The van der Waals surface area contributed by atoms with Gasteiger partial charge < -0.3 is 15.7 Å². The molecule has 1 rings (SSSR count). The predicted octanol–water partition coefficient (Wildman–Crippen LogP) is 0.155. The van der Waals surface area contributed by atoms with Crippen LogP contribution in [0.4, 0.5) is 9.28 Å². The van der Waals surface area contributed by atoms with Crippen molar-refractivity contribution in [1.82, 2.24) is 16.2 Å². The highest BCUT2D eigenvalue weighted by Gasteiger charge is 2.23. The second-order valence-corrected chi connectivity index (χ2v) is 3.88. The quantitative estimate of drug-likeness (QED) is 0.520. The van der Waals surface area contributed by atoms with E-state index >= 15 is 0 Å². The Kier molecular flexibility index (Phi) is 4.97. The summed E-state index contributed by atoms with van der Waals surface area (Å²) in [5.74, 6) is -0.378. The van der Waals surface area contributed by atoms with Gasteiger partial charge in [0.05, 0.1) is 0 Å². The van der Waals surface area contributed by atoms with Gasteiger partial charge in [-0.2, -0.15) is 0 Å². The summed E-state index contributed by atoms with van der Waals surface area (Å²) in [5, 5.41) is 13.6. The molecule has 0 aliphatic heterocycles. The lowest BCUT2D eigenvalue weighted by Gasteiger charge is -2.28. The Labute approximate surface area is 92.5 Å². The van der Waals surface area contributed by atoms with Gasteiger partial charge in [0.15, 0.2) is 0 Å². The molecule has 0 aromatic carbocycles. The largest absolute Gasteiger partial charge is 0.465 e. The summed E-state index contributed by atoms with van der Waals surface area (Å²) in [6.45, 7) is -0.340. The third kappa shape index (κ3) is 4.43. The Morgan fingerprint density at radius 3 is 2.06 bits per heavy atom. The van der Waals surface area contributed by atoms with Crippen LogP contribution in [0.5, 0.6) is 0 Å². The van der Waals surface area contributed by atoms with Crippen molar-refractivity contribution in [3.05, 3.63) is 0 Å². The van der Waals surface area contributed by atoms with Gasteiger partial charge in [-0.15, -0.1) is 10.0 Å². The van der Waals surface area contributed by atoms with Gasteiger partial charge in [0, 0.05) is 12.1 Å². The molecule has 0 atom stereocenters. The molecule has 1 saturated carbocycles. The molecule has 0 unspecified atom stereocenters. The van der Waals surface area contributed by atoms with Crippen molar-refractivity contribution in [1.29, 1.82) is 0 Å². The third-order valence-electron chi connectivity index (χ3n) is 2.65. The number of carbonyl (C=O) groups is 2. The number of carboxylic acid groups (broad SMARTS) is 1. The van der Waals surface area contributed by atoms with Crippen molar-refractivity contribution < 1.29 is 19.2 Å². The van der Waals surface area contributed by atoms with E-state index in [1.54, 1.807) is 0 Å². The predicted molar refractivity (Wildman–Crippen MR) is 54.5 cm³/mol. The van der Waals surface area contributed by atoms with Crippen molar-refractivity contribution >= 4 is 12.0 Å². The number of hydrogen-bond acceptors (Lipinski definition) is 3. The van der Waals surface area contributed by atoms with E-state index in [1.165, 1.54) is 5.54 Å². The van der Waals surface area contributed by atoms with E-state index in [-0.39, 0.29) is 24.5 Å². The standard InChI is InChI=1S/C9H16FN3O3/c10-11-5-8(14)12-6-1-3-7(4-2-6)13-9(15)16/h6-7,11,13H,1-5H2,(H,12,14)(H,15,16)/t6-,7-. The lowest BCUT2D eigenvalue weighted by atomic mass is 9.91. The average Bonchev–Trinajstić information content (AvgIpc) is 2.20. The fourth-order valence-corrected chi connectivity index (χ4v) is 1.90. The Morgan fingerprint density at radius 1 is 1.12 bits per heavy atom. The molecule has 7 heteroatoms. The van der Waals surface area contributed by atoms with Crippen LogP contribution in [0.1, 0.15) is 25.7 Å². The molecule has 4 N–H and O–H groups in total. The van der Waals surface area contributed by atoms with Crippen LogP contribution in [-0.4, -0.2) is 35.7 Å².